The van der Waals surface area contributed by atoms with Crippen LogP contribution in [0.3, 0.4) is 0 Å². The van der Waals surface area contributed by atoms with Gasteiger partial charge in [0, 0.05) is 30.6 Å². The average molecular weight is 464 g/mol. The lowest BCUT2D eigenvalue weighted by molar-refractivity contribution is 0.0607. The van der Waals surface area contributed by atoms with Gasteiger partial charge in [-0.3, -0.25) is 9.69 Å². The summed E-state index contributed by atoms with van der Waals surface area (Å²) in [6.45, 7) is 2.77. The van der Waals surface area contributed by atoms with E-state index in [1.807, 2.05) is 30.3 Å². The monoisotopic (exact) mass is 463 g/mol. The Morgan fingerprint density at radius 3 is 2.88 bits per heavy atom. The fraction of sp³-hybridized carbons (Fsp3) is 0.208. The van der Waals surface area contributed by atoms with Crippen molar-refractivity contribution in [1.29, 1.82) is 0 Å². The van der Waals surface area contributed by atoms with Gasteiger partial charge in [-0.25, -0.2) is 9.78 Å². The van der Waals surface area contributed by atoms with Crippen molar-refractivity contribution in [1.82, 2.24) is 9.88 Å². The molecule has 1 aromatic carbocycles. The number of rotatable bonds is 5. The van der Waals surface area contributed by atoms with Crippen molar-refractivity contribution in [3.63, 3.8) is 0 Å². The van der Waals surface area contributed by atoms with E-state index in [2.05, 4.69) is 16.3 Å². The van der Waals surface area contributed by atoms with Crippen molar-refractivity contribution in [2.75, 3.05) is 25.6 Å². The quantitative estimate of drug-likeness (QED) is 0.441. The number of hydrogen-bond donors (Lipinski definition) is 1. The molecule has 8 nitrogen and oxygen atoms in total. The molecule has 168 valence electrons. The number of anilines is 1. The SMILES string of the molecule is COC(=O)c1sc2nc(CN3CCOc4ccccc4C3)ccc2c1NC(=O)c1ccco1. The maximum absolute atomic E-state index is 12.6. The molecule has 3 aromatic heterocycles. The molecule has 1 amide bonds. The number of hydrogen-bond acceptors (Lipinski definition) is 8. The average Bonchev–Trinajstić information content (AvgIpc) is 3.43. The van der Waals surface area contributed by atoms with Gasteiger partial charge in [-0.1, -0.05) is 18.2 Å². The highest BCUT2D eigenvalue weighted by atomic mass is 32.1. The molecule has 0 spiro atoms. The second-order valence-corrected chi connectivity index (χ2v) is 8.55. The number of carbonyl (C=O) groups is 2. The van der Waals surface area contributed by atoms with E-state index in [0.717, 1.165) is 30.1 Å². The number of fused-ring (bicyclic) bond motifs is 2. The molecule has 0 saturated heterocycles. The normalized spacial score (nSPS) is 13.7. The first-order valence-corrected chi connectivity index (χ1v) is 11.2. The van der Waals surface area contributed by atoms with Crippen molar-refractivity contribution in [2.24, 2.45) is 0 Å². The van der Waals surface area contributed by atoms with Crippen molar-refractivity contribution in [3.05, 3.63) is 76.7 Å². The van der Waals surface area contributed by atoms with Gasteiger partial charge >= 0.3 is 5.97 Å². The molecule has 1 aliphatic heterocycles. The standard InChI is InChI=1S/C24H21N3O5S/c1-30-24(29)21-20(26-22(28)19-7-4-11-31-19)17-9-8-16(25-23(17)33-21)14-27-10-12-32-18-6-3-2-5-15(18)13-27/h2-9,11H,10,12-14H2,1H3,(H,26,28). The molecule has 1 N–H and O–H groups in total. The minimum atomic E-state index is -0.532. The van der Waals surface area contributed by atoms with Crippen LogP contribution in [0.25, 0.3) is 10.2 Å². The van der Waals surface area contributed by atoms with E-state index < -0.39 is 11.9 Å². The highest BCUT2D eigenvalue weighted by Crippen LogP contribution is 2.36. The van der Waals surface area contributed by atoms with E-state index in [-0.39, 0.29) is 10.6 Å². The number of amides is 1. The molecule has 0 atom stereocenters. The molecular weight excluding hydrogens is 442 g/mol. The van der Waals surface area contributed by atoms with E-state index in [0.29, 0.717) is 29.1 Å². The first-order valence-electron chi connectivity index (χ1n) is 10.4. The van der Waals surface area contributed by atoms with Gasteiger partial charge in [0.2, 0.25) is 0 Å². The van der Waals surface area contributed by atoms with Gasteiger partial charge in [-0.2, -0.15) is 0 Å². The second kappa shape index (κ2) is 9.05. The molecule has 9 heteroatoms. The minimum Gasteiger partial charge on any atom is -0.492 e. The second-order valence-electron chi connectivity index (χ2n) is 7.55. The molecule has 4 aromatic rings. The lowest BCUT2D eigenvalue weighted by Crippen LogP contribution is -2.25. The summed E-state index contributed by atoms with van der Waals surface area (Å²) >= 11 is 1.19. The first-order chi connectivity index (χ1) is 16.1. The molecule has 33 heavy (non-hydrogen) atoms. The summed E-state index contributed by atoms with van der Waals surface area (Å²) in [5.74, 6) is 0.0902. The first kappa shape index (κ1) is 21.2. The molecule has 0 bridgehead atoms. The molecule has 1 aliphatic rings. The third-order valence-corrected chi connectivity index (χ3v) is 6.46. The Hall–Kier alpha value is -3.69. The summed E-state index contributed by atoms with van der Waals surface area (Å²) in [4.78, 5) is 32.9. The molecule has 0 fully saturated rings. The number of thiophene rings is 1. The molecule has 0 aliphatic carbocycles. The molecule has 0 saturated carbocycles. The number of para-hydroxylation sites is 1. The van der Waals surface area contributed by atoms with E-state index in [9.17, 15) is 9.59 Å². The Labute approximate surface area is 193 Å². The van der Waals surface area contributed by atoms with Gasteiger partial charge in [0.05, 0.1) is 24.8 Å². The number of nitrogens with zero attached hydrogens (tertiary/aromatic N) is 2. The van der Waals surface area contributed by atoms with Gasteiger partial charge in [-0.05, 0) is 30.3 Å². The van der Waals surface area contributed by atoms with E-state index in [1.165, 1.54) is 24.7 Å². The fourth-order valence-corrected chi connectivity index (χ4v) is 4.86. The summed E-state index contributed by atoms with van der Waals surface area (Å²) < 4.78 is 15.9. The summed E-state index contributed by atoms with van der Waals surface area (Å²) in [5, 5.41) is 3.46. The molecule has 4 heterocycles. The van der Waals surface area contributed by atoms with Crippen LogP contribution in [0.5, 0.6) is 5.75 Å². The number of carbonyl (C=O) groups excluding carboxylic acids is 2. The maximum atomic E-state index is 12.6. The van der Waals surface area contributed by atoms with E-state index >= 15 is 0 Å². The van der Waals surface area contributed by atoms with Crippen LogP contribution >= 0.6 is 11.3 Å². The van der Waals surface area contributed by atoms with Gasteiger partial charge in [-0.15, -0.1) is 11.3 Å². The van der Waals surface area contributed by atoms with Crippen LogP contribution < -0.4 is 10.1 Å². The summed E-state index contributed by atoms with van der Waals surface area (Å²) in [5.41, 5.74) is 2.38. The highest BCUT2D eigenvalue weighted by Gasteiger charge is 2.23. The third-order valence-electron chi connectivity index (χ3n) is 5.38. The number of nitrogens with one attached hydrogen (secondary N) is 1. The van der Waals surface area contributed by atoms with Crippen LogP contribution in [0.1, 0.15) is 31.5 Å². The predicted molar refractivity (Wildman–Crippen MR) is 124 cm³/mol. The Balaban J connectivity index is 1.43. The molecule has 0 radical (unpaired) electrons. The smallest absolute Gasteiger partial charge is 0.350 e. The number of furan rings is 1. The van der Waals surface area contributed by atoms with Crippen LogP contribution in [-0.2, 0) is 17.8 Å². The van der Waals surface area contributed by atoms with Crippen LogP contribution in [0.2, 0.25) is 0 Å². The zero-order chi connectivity index (χ0) is 22.8. The van der Waals surface area contributed by atoms with Gasteiger partial charge in [0.15, 0.2) is 5.76 Å². The van der Waals surface area contributed by atoms with E-state index in [1.54, 1.807) is 12.1 Å². The maximum Gasteiger partial charge on any atom is 0.350 e. The minimum absolute atomic E-state index is 0.151. The Bertz CT molecular complexity index is 1320. The van der Waals surface area contributed by atoms with Crippen molar-refractivity contribution >= 4 is 39.1 Å². The number of methoxy groups -OCH3 is 1. The number of pyridine rings is 1. The Morgan fingerprint density at radius 1 is 1.18 bits per heavy atom. The van der Waals surface area contributed by atoms with Gasteiger partial charge < -0.3 is 19.2 Å². The van der Waals surface area contributed by atoms with Crippen LogP contribution in [0.15, 0.2) is 59.2 Å². The van der Waals surface area contributed by atoms with Crippen molar-refractivity contribution in [2.45, 2.75) is 13.1 Å². The Morgan fingerprint density at radius 2 is 2.06 bits per heavy atom. The number of esters is 1. The molecular formula is C24H21N3O5S. The largest absolute Gasteiger partial charge is 0.492 e. The van der Waals surface area contributed by atoms with Gasteiger partial charge in [0.1, 0.15) is 22.1 Å². The van der Waals surface area contributed by atoms with Crippen molar-refractivity contribution in [3.8, 4) is 5.75 Å². The molecule has 5 rings (SSSR count). The molecule has 0 unspecified atom stereocenters. The highest BCUT2D eigenvalue weighted by molar-refractivity contribution is 7.21. The number of benzene rings is 1. The van der Waals surface area contributed by atoms with Crippen molar-refractivity contribution < 1.29 is 23.5 Å². The Kier molecular flexibility index (Phi) is 5.80. The zero-order valence-electron chi connectivity index (χ0n) is 17.9. The lowest BCUT2D eigenvalue weighted by atomic mass is 10.2. The zero-order valence-corrected chi connectivity index (χ0v) is 18.7. The summed E-state index contributed by atoms with van der Waals surface area (Å²) in [6, 6.07) is 15.0. The summed E-state index contributed by atoms with van der Waals surface area (Å²) in [6.07, 6.45) is 1.42. The number of ether oxygens (including phenoxy) is 2. The van der Waals surface area contributed by atoms with Crippen LogP contribution in [-0.4, -0.2) is 42.0 Å². The van der Waals surface area contributed by atoms with Crippen LogP contribution in [0, 0.1) is 0 Å². The fourth-order valence-electron chi connectivity index (χ4n) is 3.79. The van der Waals surface area contributed by atoms with Crippen LogP contribution in [0.4, 0.5) is 5.69 Å². The predicted octanol–water partition coefficient (Wildman–Crippen LogP) is 4.32. The topological polar surface area (TPSA) is 93.9 Å². The lowest BCUT2D eigenvalue weighted by Gasteiger charge is -2.18. The summed E-state index contributed by atoms with van der Waals surface area (Å²) in [7, 11) is 1.31. The third kappa shape index (κ3) is 4.33. The van der Waals surface area contributed by atoms with E-state index in [4.69, 9.17) is 18.9 Å². The van der Waals surface area contributed by atoms with Gasteiger partial charge in [0.25, 0.3) is 5.91 Å². The number of aromatic nitrogens is 1.